The highest BCUT2D eigenvalue weighted by Gasteiger charge is 2.26. The van der Waals surface area contributed by atoms with Gasteiger partial charge < -0.3 is 24.4 Å². The second-order valence-electron chi connectivity index (χ2n) is 7.05. The number of ether oxygens (including phenoxy) is 3. The first-order valence-corrected chi connectivity index (χ1v) is 9.76. The first-order chi connectivity index (χ1) is 14.7. The molecule has 2 heterocycles. The molecule has 1 aromatic heterocycles. The fourth-order valence-corrected chi connectivity index (χ4v) is 4.00. The summed E-state index contributed by atoms with van der Waals surface area (Å²) < 4.78 is 16.5. The number of methoxy groups -OCH3 is 3. The monoisotopic (exact) mass is 404 g/mol. The second-order valence-corrected chi connectivity index (χ2v) is 7.05. The summed E-state index contributed by atoms with van der Waals surface area (Å²) in [5, 5.41) is 14.8. The van der Waals surface area contributed by atoms with Crippen LogP contribution in [0.25, 0.3) is 10.8 Å². The van der Waals surface area contributed by atoms with Crippen LogP contribution in [0.2, 0.25) is 0 Å². The summed E-state index contributed by atoms with van der Waals surface area (Å²) in [7, 11) is 4.88. The molecule has 3 aromatic rings. The van der Waals surface area contributed by atoms with Crippen molar-refractivity contribution in [1.82, 2.24) is 10.3 Å². The summed E-state index contributed by atoms with van der Waals surface area (Å²) in [6, 6.07) is 14.1. The van der Waals surface area contributed by atoms with Gasteiger partial charge in [-0.1, -0.05) is 18.2 Å². The van der Waals surface area contributed by atoms with E-state index < -0.39 is 0 Å². The summed E-state index contributed by atoms with van der Waals surface area (Å²) in [6.07, 6.45) is 1.63. The number of nitrogens with one attached hydrogen (secondary N) is 1. The summed E-state index contributed by atoms with van der Waals surface area (Å²) in [4.78, 5) is 6.89. The van der Waals surface area contributed by atoms with Gasteiger partial charge in [0.25, 0.3) is 0 Å². The van der Waals surface area contributed by atoms with Gasteiger partial charge in [0.1, 0.15) is 17.6 Å². The zero-order valence-electron chi connectivity index (χ0n) is 17.3. The van der Waals surface area contributed by atoms with E-state index >= 15 is 0 Å². The van der Waals surface area contributed by atoms with Crippen molar-refractivity contribution in [2.75, 3.05) is 45.9 Å². The van der Waals surface area contributed by atoms with Crippen LogP contribution in [0.3, 0.4) is 0 Å². The van der Waals surface area contributed by atoms with Gasteiger partial charge in [-0.15, -0.1) is 0 Å². The Bertz CT molecular complexity index is 1110. The van der Waals surface area contributed by atoms with E-state index in [2.05, 4.69) is 27.3 Å². The van der Waals surface area contributed by atoms with E-state index in [-0.39, 0.29) is 6.04 Å². The quantitative estimate of drug-likeness (QED) is 0.699. The first kappa shape index (κ1) is 19.8. The molecule has 1 N–H and O–H groups in total. The number of rotatable bonds is 5. The Labute approximate surface area is 175 Å². The van der Waals surface area contributed by atoms with Crippen LogP contribution in [0.15, 0.2) is 42.6 Å². The molecule has 30 heavy (non-hydrogen) atoms. The van der Waals surface area contributed by atoms with Crippen LogP contribution in [0, 0.1) is 11.3 Å². The summed E-state index contributed by atoms with van der Waals surface area (Å²) in [5.74, 6) is 2.89. The minimum Gasteiger partial charge on any atom is -0.496 e. The first-order valence-electron chi connectivity index (χ1n) is 9.76. The van der Waals surface area contributed by atoms with E-state index in [1.165, 1.54) is 0 Å². The molecule has 0 aliphatic carbocycles. The van der Waals surface area contributed by atoms with Gasteiger partial charge in [0.2, 0.25) is 0 Å². The lowest BCUT2D eigenvalue weighted by Crippen LogP contribution is -2.46. The zero-order chi connectivity index (χ0) is 21.1. The molecule has 7 heteroatoms. The molecule has 1 aliphatic rings. The molecule has 1 unspecified atom stereocenters. The van der Waals surface area contributed by atoms with Gasteiger partial charge in [0, 0.05) is 42.2 Å². The number of piperazine rings is 1. The van der Waals surface area contributed by atoms with Crippen molar-refractivity contribution in [3.05, 3.63) is 53.7 Å². The van der Waals surface area contributed by atoms with Crippen LogP contribution in [0.5, 0.6) is 17.2 Å². The summed E-state index contributed by atoms with van der Waals surface area (Å²) in [5.41, 5.74) is 1.62. The average molecular weight is 404 g/mol. The van der Waals surface area contributed by atoms with Crippen LogP contribution >= 0.6 is 0 Å². The van der Waals surface area contributed by atoms with Crippen molar-refractivity contribution in [1.29, 1.82) is 5.26 Å². The minimum atomic E-state index is 0.0996. The van der Waals surface area contributed by atoms with E-state index in [1.54, 1.807) is 27.5 Å². The Kier molecular flexibility index (Phi) is 5.59. The third kappa shape index (κ3) is 3.46. The number of benzene rings is 2. The van der Waals surface area contributed by atoms with Crippen LogP contribution in [-0.4, -0.2) is 45.9 Å². The normalized spacial score (nSPS) is 16.2. The van der Waals surface area contributed by atoms with Gasteiger partial charge in [-0.25, -0.2) is 4.98 Å². The van der Waals surface area contributed by atoms with Gasteiger partial charge in [0.15, 0.2) is 11.5 Å². The fourth-order valence-electron chi connectivity index (χ4n) is 4.00. The van der Waals surface area contributed by atoms with Crippen molar-refractivity contribution in [3.8, 4) is 23.3 Å². The lowest BCUT2D eigenvalue weighted by molar-refractivity contribution is 0.356. The van der Waals surface area contributed by atoms with Gasteiger partial charge in [-0.05, 0) is 18.2 Å². The van der Waals surface area contributed by atoms with Crippen LogP contribution in [0.4, 0.5) is 5.82 Å². The van der Waals surface area contributed by atoms with Gasteiger partial charge in [-0.2, -0.15) is 5.26 Å². The van der Waals surface area contributed by atoms with Crippen molar-refractivity contribution in [2.45, 2.75) is 6.04 Å². The van der Waals surface area contributed by atoms with E-state index in [0.717, 1.165) is 47.5 Å². The number of hydrogen-bond acceptors (Lipinski definition) is 7. The topological polar surface area (TPSA) is 79.6 Å². The molecule has 2 aromatic carbocycles. The Morgan fingerprint density at radius 2 is 1.73 bits per heavy atom. The third-order valence-corrected chi connectivity index (χ3v) is 5.48. The number of anilines is 1. The van der Waals surface area contributed by atoms with E-state index in [0.29, 0.717) is 17.1 Å². The fraction of sp³-hybridized carbons (Fsp3) is 0.304. The third-order valence-electron chi connectivity index (χ3n) is 5.48. The summed E-state index contributed by atoms with van der Waals surface area (Å²) >= 11 is 0. The molecule has 0 spiro atoms. The highest BCUT2D eigenvalue weighted by molar-refractivity contribution is 5.98. The molecule has 1 fully saturated rings. The van der Waals surface area contributed by atoms with Crippen LogP contribution in [-0.2, 0) is 0 Å². The molecule has 0 saturated carbocycles. The maximum absolute atomic E-state index is 9.58. The Hall–Kier alpha value is -3.50. The van der Waals surface area contributed by atoms with Crippen LogP contribution in [0.1, 0.15) is 17.2 Å². The highest BCUT2D eigenvalue weighted by atomic mass is 16.5. The molecular weight excluding hydrogens is 380 g/mol. The average Bonchev–Trinajstić information content (AvgIpc) is 2.82. The molecular formula is C23H24N4O3. The zero-order valence-corrected chi connectivity index (χ0v) is 17.3. The molecule has 0 amide bonds. The lowest BCUT2D eigenvalue weighted by atomic mass is 10.0. The van der Waals surface area contributed by atoms with E-state index in [9.17, 15) is 5.26 Å². The van der Waals surface area contributed by atoms with Crippen molar-refractivity contribution in [2.24, 2.45) is 0 Å². The summed E-state index contributed by atoms with van der Waals surface area (Å²) in [6.45, 7) is 2.33. The van der Waals surface area contributed by atoms with Crippen LogP contribution < -0.4 is 24.4 Å². The smallest absolute Gasteiger partial charge is 0.161 e. The van der Waals surface area contributed by atoms with Crippen molar-refractivity contribution < 1.29 is 14.2 Å². The molecule has 0 radical (unpaired) electrons. The van der Waals surface area contributed by atoms with Crippen molar-refractivity contribution in [3.63, 3.8) is 0 Å². The largest absolute Gasteiger partial charge is 0.496 e. The molecule has 1 saturated heterocycles. The Morgan fingerprint density at radius 3 is 2.43 bits per heavy atom. The number of nitrogens with zero attached hydrogens (tertiary/aromatic N) is 3. The van der Waals surface area contributed by atoms with Gasteiger partial charge in [-0.3, -0.25) is 0 Å². The number of hydrogen-bond donors (Lipinski definition) is 1. The molecule has 154 valence electrons. The standard InChI is InChI=1S/C23H24N4O3/c1-28-20-7-5-4-6-16(20)19-14-27(9-8-25-19)23-18-11-22(30-3)21(29-2)10-17(18)15(12-24)13-26-23/h4-7,10-11,13,19,25H,8-9,14H2,1-3H3. The molecule has 7 nitrogen and oxygen atoms in total. The van der Waals surface area contributed by atoms with Gasteiger partial charge >= 0.3 is 0 Å². The molecule has 1 aliphatic heterocycles. The number of nitriles is 1. The minimum absolute atomic E-state index is 0.0996. The maximum Gasteiger partial charge on any atom is 0.161 e. The van der Waals surface area contributed by atoms with E-state index in [4.69, 9.17) is 14.2 Å². The number of aromatic nitrogens is 1. The molecule has 1 atom stereocenters. The maximum atomic E-state index is 9.58. The number of para-hydroxylation sites is 1. The molecule has 0 bridgehead atoms. The lowest BCUT2D eigenvalue weighted by Gasteiger charge is -2.35. The highest BCUT2D eigenvalue weighted by Crippen LogP contribution is 2.38. The van der Waals surface area contributed by atoms with Gasteiger partial charge in [0.05, 0.1) is 32.9 Å². The number of pyridine rings is 1. The van der Waals surface area contributed by atoms with Crippen molar-refractivity contribution >= 4 is 16.6 Å². The second kappa shape index (κ2) is 8.47. The Balaban J connectivity index is 1.78. The predicted octanol–water partition coefficient (Wildman–Crippen LogP) is 3.28. The predicted molar refractivity (Wildman–Crippen MR) is 116 cm³/mol. The number of fused-ring (bicyclic) bond motifs is 1. The Morgan fingerprint density at radius 1 is 1.03 bits per heavy atom. The van der Waals surface area contributed by atoms with E-state index in [1.807, 2.05) is 30.3 Å². The SMILES string of the molecule is COc1cc2c(C#N)cnc(N3CCNC(c4ccccc4OC)C3)c2cc1OC. The molecule has 4 rings (SSSR count).